The van der Waals surface area contributed by atoms with E-state index in [-0.39, 0.29) is 11.5 Å². The zero-order valence-corrected chi connectivity index (χ0v) is 30.1. The molecule has 0 amide bonds. The highest BCUT2D eigenvalue weighted by atomic mass is 16.5. The van der Waals surface area contributed by atoms with E-state index >= 15 is 0 Å². The maximum atomic E-state index is 11.7. The number of rotatable bonds is 10. The lowest BCUT2D eigenvalue weighted by molar-refractivity contribution is 0.0893. The van der Waals surface area contributed by atoms with Gasteiger partial charge in [-0.1, -0.05) is 83.4 Å². The average Bonchev–Trinajstić information content (AvgIpc) is 3.09. The first-order chi connectivity index (χ1) is 24.0. The number of phenolic OH excluding ortho intramolecular Hbond substituents is 2. The maximum absolute atomic E-state index is 11.7. The SMILES string of the molecule is Cc1ccc(C)c(-c2cc(C)cc(-c3ccccc3COCCOc3ccc(C)cc3-c3cc(C)cc(-c4cc(C)ccc4C)c3O)c2O)c1. The standard InChI is InChI=1S/C46H46O4/c1-28-12-15-33(6)37(20-28)41-24-31(4)23-40(45(41)47)36-11-9-8-10-35(36)27-49-18-19-50-44-17-14-30(3)22-39(44)43-26-32(5)25-42(46(43)48)38-21-29(2)13-16-34(38)7/h8-17,20-26,47-48H,18-19,27H2,1-7H3. The second-order valence-corrected chi connectivity index (χ2v) is 13.6. The summed E-state index contributed by atoms with van der Waals surface area (Å²) < 4.78 is 12.5. The largest absolute Gasteiger partial charge is 0.507 e. The molecule has 0 aromatic heterocycles. The second kappa shape index (κ2) is 14.7. The third-order valence-corrected chi connectivity index (χ3v) is 9.35. The van der Waals surface area contributed by atoms with Crippen LogP contribution < -0.4 is 4.74 Å². The first-order valence-corrected chi connectivity index (χ1v) is 17.2. The van der Waals surface area contributed by atoms with Gasteiger partial charge in [0.15, 0.2) is 0 Å². The molecule has 0 atom stereocenters. The fourth-order valence-electron chi connectivity index (χ4n) is 6.71. The molecule has 4 nitrogen and oxygen atoms in total. The molecule has 0 aliphatic rings. The zero-order chi connectivity index (χ0) is 35.5. The van der Waals surface area contributed by atoms with Gasteiger partial charge in [0.1, 0.15) is 23.9 Å². The number of phenols is 2. The van der Waals surface area contributed by atoms with Gasteiger partial charge in [-0.25, -0.2) is 0 Å². The first kappa shape index (κ1) is 34.5. The summed E-state index contributed by atoms with van der Waals surface area (Å²) in [5.74, 6) is 1.20. The van der Waals surface area contributed by atoms with E-state index in [1.54, 1.807) is 0 Å². The minimum Gasteiger partial charge on any atom is -0.507 e. The fraction of sp³-hybridized carbons (Fsp3) is 0.217. The Bertz CT molecular complexity index is 2190. The van der Waals surface area contributed by atoms with Crippen molar-refractivity contribution in [2.45, 2.75) is 55.1 Å². The van der Waals surface area contributed by atoms with Crippen molar-refractivity contribution in [3.8, 4) is 61.8 Å². The molecule has 0 saturated carbocycles. The van der Waals surface area contributed by atoms with E-state index in [2.05, 4.69) is 90.1 Å². The fourth-order valence-corrected chi connectivity index (χ4v) is 6.71. The molecule has 0 heterocycles. The summed E-state index contributed by atoms with van der Waals surface area (Å²) >= 11 is 0. The number of hydrogen-bond donors (Lipinski definition) is 2. The number of hydrogen-bond acceptors (Lipinski definition) is 4. The van der Waals surface area contributed by atoms with Crippen molar-refractivity contribution in [3.05, 3.63) is 148 Å². The third-order valence-electron chi connectivity index (χ3n) is 9.35. The van der Waals surface area contributed by atoms with Crippen molar-refractivity contribution in [3.63, 3.8) is 0 Å². The Morgan fingerprint density at radius 2 is 0.860 bits per heavy atom. The molecule has 4 heteroatoms. The Kier molecular flexibility index (Phi) is 10.1. The lowest BCUT2D eigenvalue weighted by Gasteiger charge is -2.18. The Hall–Kier alpha value is -5.32. The Balaban J connectivity index is 1.21. The highest BCUT2D eigenvalue weighted by molar-refractivity contribution is 5.87. The van der Waals surface area contributed by atoms with Gasteiger partial charge in [0.2, 0.25) is 0 Å². The summed E-state index contributed by atoms with van der Waals surface area (Å²) in [6.07, 6.45) is 0. The van der Waals surface area contributed by atoms with Crippen molar-refractivity contribution in [2.24, 2.45) is 0 Å². The van der Waals surface area contributed by atoms with E-state index < -0.39 is 0 Å². The van der Waals surface area contributed by atoms with Crippen LogP contribution in [0.25, 0.3) is 44.5 Å². The second-order valence-electron chi connectivity index (χ2n) is 13.6. The molecule has 50 heavy (non-hydrogen) atoms. The van der Waals surface area contributed by atoms with Crippen molar-refractivity contribution < 1.29 is 19.7 Å². The average molecular weight is 663 g/mol. The minimum atomic E-state index is 0.243. The van der Waals surface area contributed by atoms with Crippen LogP contribution in [0.5, 0.6) is 17.2 Å². The van der Waals surface area contributed by atoms with Crippen LogP contribution in [-0.4, -0.2) is 23.4 Å². The minimum absolute atomic E-state index is 0.243. The van der Waals surface area contributed by atoms with E-state index in [1.165, 1.54) is 0 Å². The quantitative estimate of drug-likeness (QED) is 0.143. The summed E-state index contributed by atoms with van der Waals surface area (Å²) in [6, 6.07) is 34.9. The van der Waals surface area contributed by atoms with Crippen LogP contribution in [0.3, 0.4) is 0 Å². The molecule has 0 spiro atoms. The molecule has 6 rings (SSSR count). The van der Waals surface area contributed by atoms with Crippen molar-refractivity contribution >= 4 is 0 Å². The predicted octanol–water partition coefficient (Wildman–Crippen LogP) is 11.5. The van der Waals surface area contributed by atoms with Crippen LogP contribution >= 0.6 is 0 Å². The monoisotopic (exact) mass is 662 g/mol. The topological polar surface area (TPSA) is 58.9 Å². The molecule has 0 bridgehead atoms. The van der Waals surface area contributed by atoms with Gasteiger partial charge in [0.05, 0.1) is 13.2 Å². The van der Waals surface area contributed by atoms with E-state index in [4.69, 9.17) is 9.47 Å². The van der Waals surface area contributed by atoms with Crippen LogP contribution in [0.2, 0.25) is 0 Å². The van der Waals surface area contributed by atoms with Crippen LogP contribution in [-0.2, 0) is 11.3 Å². The Morgan fingerprint density at radius 1 is 0.420 bits per heavy atom. The molecule has 0 saturated heterocycles. The van der Waals surface area contributed by atoms with Crippen LogP contribution in [0.4, 0.5) is 0 Å². The molecule has 0 aliphatic carbocycles. The highest BCUT2D eigenvalue weighted by Crippen LogP contribution is 2.44. The Labute approximate surface area is 296 Å². The van der Waals surface area contributed by atoms with Gasteiger partial charge in [-0.05, 0) is 129 Å². The van der Waals surface area contributed by atoms with Crippen LogP contribution in [0.1, 0.15) is 44.5 Å². The van der Waals surface area contributed by atoms with E-state index in [0.29, 0.717) is 25.6 Å². The van der Waals surface area contributed by atoms with Gasteiger partial charge >= 0.3 is 0 Å². The summed E-state index contributed by atoms with van der Waals surface area (Å²) in [5.41, 5.74) is 15.8. The molecule has 0 unspecified atom stereocenters. The van der Waals surface area contributed by atoms with Crippen LogP contribution in [0, 0.1) is 48.5 Å². The summed E-state index contributed by atoms with van der Waals surface area (Å²) in [4.78, 5) is 0. The maximum Gasteiger partial charge on any atom is 0.131 e. The molecular weight excluding hydrogens is 617 g/mol. The summed E-state index contributed by atoms with van der Waals surface area (Å²) in [5, 5.41) is 23.3. The molecule has 254 valence electrons. The number of benzene rings is 6. The molecule has 0 aliphatic heterocycles. The van der Waals surface area contributed by atoms with E-state index in [0.717, 1.165) is 89.0 Å². The van der Waals surface area contributed by atoms with Crippen molar-refractivity contribution in [1.29, 1.82) is 0 Å². The summed E-state index contributed by atoms with van der Waals surface area (Å²) in [7, 11) is 0. The van der Waals surface area contributed by atoms with Crippen LogP contribution in [0.15, 0.2) is 103 Å². The molecule has 2 N–H and O–H groups in total. The van der Waals surface area contributed by atoms with Gasteiger partial charge < -0.3 is 19.7 Å². The predicted molar refractivity (Wildman–Crippen MR) is 206 cm³/mol. The number of ether oxygens (including phenoxy) is 2. The lowest BCUT2D eigenvalue weighted by Crippen LogP contribution is -2.08. The van der Waals surface area contributed by atoms with Crippen molar-refractivity contribution in [1.82, 2.24) is 0 Å². The smallest absolute Gasteiger partial charge is 0.131 e. The van der Waals surface area contributed by atoms with Gasteiger partial charge in [0.25, 0.3) is 0 Å². The van der Waals surface area contributed by atoms with Gasteiger partial charge in [-0.2, -0.15) is 0 Å². The van der Waals surface area contributed by atoms with Gasteiger partial charge in [-0.15, -0.1) is 0 Å². The van der Waals surface area contributed by atoms with E-state index in [9.17, 15) is 10.2 Å². The Morgan fingerprint density at radius 3 is 1.42 bits per heavy atom. The number of aromatic hydroxyl groups is 2. The van der Waals surface area contributed by atoms with E-state index in [1.807, 2.05) is 61.5 Å². The lowest BCUT2D eigenvalue weighted by atomic mass is 9.90. The molecule has 6 aromatic rings. The zero-order valence-electron chi connectivity index (χ0n) is 30.1. The number of aryl methyl sites for hydroxylation is 7. The third kappa shape index (κ3) is 7.31. The molecule has 0 fully saturated rings. The van der Waals surface area contributed by atoms with Crippen molar-refractivity contribution in [2.75, 3.05) is 13.2 Å². The summed E-state index contributed by atoms with van der Waals surface area (Å²) in [6.45, 7) is 15.5. The first-order valence-electron chi connectivity index (χ1n) is 17.2. The van der Waals surface area contributed by atoms with Gasteiger partial charge in [0, 0.05) is 27.8 Å². The van der Waals surface area contributed by atoms with Gasteiger partial charge in [-0.3, -0.25) is 0 Å². The molecule has 0 radical (unpaired) electrons. The highest BCUT2D eigenvalue weighted by Gasteiger charge is 2.19. The molecular formula is C46H46O4. The normalized spacial score (nSPS) is 11.2. The molecule has 6 aromatic carbocycles.